The third kappa shape index (κ3) is 5.86. The first-order valence-electron chi connectivity index (χ1n) is 11.7. The largest absolute Gasteiger partial charge is 0.465 e. The Bertz CT molecular complexity index is 1090. The Balaban J connectivity index is 1.33. The maximum atomic E-state index is 12.7. The van der Waals surface area contributed by atoms with Crippen molar-refractivity contribution in [3.05, 3.63) is 53.5 Å². The lowest BCUT2D eigenvalue weighted by Gasteiger charge is -2.37. The van der Waals surface area contributed by atoms with Crippen LogP contribution in [0, 0.1) is 0 Å². The highest BCUT2D eigenvalue weighted by Gasteiger charge is 2.34. The Morgan fingerprint density at radius 3 is 2.54 bits per heavy atom. The number of nitrogens with one attached hydrogen (secondary N) is 2. The maximum absolute atomic E-state index is 12.7. The zero-order chi connectivity index (χ0) is 24.9. The molecule has 4 rings (SSSR count). The molecule has 2 aliphatic heterocycles. The van der Waals surface area contributed by atoms with Crippen LogP contribution >= 0.6 is 0 Å². The van der Waals surface area contributed by atoms with Crippen molar-refractivity contribution in [3.63, 3.8) is 0 Å². The summed E-state index contributed by atoms with van der Waals surface area (Å²) in [5.41, 5.74) is 2.04. The van der Waals surface area contributed by atoms with Crippen molar-refractivity contribution in [1.82, 2.24) is 25.1 Å². The Kier molecular flexibility index (Phi) is 7.45. The van der Waals surface area contributed by atoms with Gasteiger partial charge in [-0.2, -0.15) is 0 Å². The van der Waals surface area contributed by atoms with Gasteiger partial charge in [-0.3, -0.25) is 14.5 Å². The molecule has 11 nitrogen and oxygen atoms in total. The Labute approximate surface area is 203 Å². The number of likely N-dealkylation sites (tertiary alicyclic amines) is 1. The fraction of sp³-hybridized carbons (Fsp3) is 0.458. The van der Waals surface area contributed by atoms with Gasteiger partial charge in [0.2, 0.25) is 5.91 Å². The number of amides is 3. The number of piperidine rings is 1. The molecule has 35 heavy (non-hydrogen) atoms. The molecular weight excluding hydrogens is 452 g/mol. The molecule has 186 valence electrons. The number of carbonyl (C=O) groups is 3. The standard InChI is InChI=1S/C24H30N6O5/c1-15(31)29-8-6-18(7-9-29)28-22-11-19(26-14-27-22)23(33)25-12-21(32)20-10-16-4-2-3-5-17(16)13-30(20)24(34)35/h2-5,11,14,18,20-21,32H,6-10,12-13H2,1H3,(H,25,33)(H,34,35)(H,26,27,28)/t20-,21+/m0/s1. The van der Waals surface area contributed by atoms with Gasteiger partial charge in [-0.1, -0.05) is 24.3 Å². The smallest absolute Gasteiger partial charge is 0.407 e. The number of fused-ring (bicyclic) bond motifs is 1. The van der Waals surface area contributed by atoms with Gasteiger partial charge in [0.15, 0.2) is 0 Å². The summed E-state index contributed by atoms with van der Waals surface area (Å²) in [6.45, 7) is 2.97. The van der Waals surface area contributed by atoms with Crippen LogP contribution in [0.3, 0.4) is 0 Å². The molecule has 2 aromatic rings. The Morgan fingerprint density at radius 2 is 1.86 bits per heavy atom. The number of carboxylic acid groups (broad SMARTS) is 1. The van der Waals surface area contributed by atoms with E-state index in [-0.39, 0.29) is 30.7 Å². The minimum atomic E-state index is -1.12. The zero-order valence-corrected chi connectivity index (χ0v) is 19.6. The summed E-state index contributed by atoms with van der Waals surface area (Å²) in [6, 6.07) is 8.54. The normalized spacial score (nSPS) is 19.0. The second-order valence-electron chi connectivity index (χ2n) is 8.94. The quantitative estimate of drug-likeness (QED) is 0.478. The number of aromatic nitrogens is 2. The molecule has 0 bridgehead atoms. The molecule has 2 aliphatic rings. The van der Waals surface area contributed by atoms with Gasteiger partial charge in [-0.05, 0) is 30.4 Å². The van der Waals surface area contributed by atoms with Gasteiger partial charge < -0.3 is 25.7 Å². The number of anilines is 1. The summed E-state index contributed by atoms with van der Waals surface area (Å²) in [4.78, 5) is 47.2. The number of hydrogen-bond donors (Lipinski definition) is 4. The van der Waals surface area contributed by atoms with E-state index in [1.54, 1.807) is 17.9 Å². The van der Waals surface area contributed by atoms with E-state index in [0.29, 0.717) is 25.3 Å². The molecular formula is C24H30N6O5. The van der Waals surface area contributed by atoms with Crippen molar-refractivity contribution >= 4 is 23.7 Å². The molecule has 0 unspecified atom stereocenters. The fourth-order valence-electron chi connectivity index (χ4n) is 4.63. The van der Waals surface area contributed by atoms with Crippen molar-refractivity contribution in [3.8, 4) is 0 Å². The first-order chi connectivity index (χ1) is 16.8. The number of rotatable bonds is 6. The zero-order valence-electron chi connectivity index (χ0n) is 19.6. The molecule has 1 aromatic heterocycles. The molecule has 3 heterocycles. The van der Waals surface area contributed by atoms with Gasteiger partial charge in [0.1, 0.15) is 17.8 Å². The minimum absolute atomic E-state index is 0.0653. The molecule has 1 fully saturated rings. The summed E-state index contributed by atoms with van der Waals surface area (Å²) in [7, 11) is 0. The van der Waals surface area contributed by atoms with E-state index in [1.807, 2.05) is 24.3 Å². The summed E-state index contributed by atoms with van der Waals surface area (Å²) in [5, 5.41) is 26.3. The van der Waals surface area contributed by atoms with Crippen LogP contribution in [0.1, 0.15) is 41.4 Å². The first kappa shape index (κ1) is 24.4. The highest BCUT2D eigenvalue weighted by Crippen LogP contribution is 2.25. The van der Waals surface area contributed by atoms with Crippen molar-refractivity contribution in [1.29, 1.82) is 0 Å². The minimum Gasteiger partial charge on any atom is -0.465 e. The Morgan fingerprint density at radius 1 is 1.14 bits per heavy atom. The predicted octanol–water partition coefficient (Wildman–Crippen LogP) is 1.10. The van der Waals surface area contributed by atoms with Crippen molar-refractivity contribution in [2.24, 2.45) is 0 Å². The molecule has 1 aromatic carbocycles. The molecule has 0 radical (unpaired) electrons. The van der Waals surface area contributed by atoms with Crippen LogP contribution in [-0.4, -0.2) is 85.7 Å². The number of carbonyl (C=O) groups excluding carboxylic acids is 2. The fourth-order valence-corrected chi connectivity index (χ4v) is 4.63. The number of aliphatic hydroxyl groups excluding tert-OH is 1. The summed E-state index contributed by atoms with van der Waals surface area (Å²) >= 11 is 0. The maximum Gasteiger partial charge on any atom is 0.407 e. The van der Waals surface area contributed by atoms with Crippen LogP contribution in [0.15, 0.2) is 36.7 Å². The number of nitrogens with zero attached hydrogens (tertiary/aromatic N) is 4. The number of aliphatic hydroxyl groups is 1. The van der Waals surface area contributed by atoms with Crippen LogP contribution in [0.4, 0.5) is 10.6 Å². The van der Waals surface area contributed by atoms with Gasteiger partial charge in [0, 0.05) is 45.2 Å². The Hall–Kier alpha value is -3.73. The average molecular weight is 483 g/mol. The van der Waals surface area contributed by atoms with E-state index in [4.69, 9.17) is 0 Å². The lowest BCUT2D eigenvalue weighted by molar-refractivity contribution is -0.129. The molecule has 0 saturated carbocycles. The molecule has 0 spiro atoms. The predicted molar refractivity (Wildman–Crippen MR) is 127 cm³/mol. The van der Waals surface area contributed by atoms with E-state index in [0.717, 1.165) is 24.0 Å². The lowest BCUT2D eigenvalue weighted by Crippen LogP contribution is -2.53. The third-order valence-corrected chi connectivity index (χ3v) is 6.64. The van der Waals surface area contributed by atoms with Gasteiger partial charge in [-0.15, -0.1) is 0 Å². The molecule has 11 heteroatoms. The van der Waals surface area contributed by atoms with Crippen LogP contribution < -0.4 is 10.6 Å². The molecule has 4 N–H and O–H groups in total. The monoisotopic (exact) mass is 482 g/mol. The highest BCUT2D eigenvalue weighted by molar-refractivity contribution is 5.92. The van der Waals surface area contributed by atoms with Crippen LogP contribution in [0.5, 0.6) is 0 Å². The highest BCUT2D eigenvalue weighted by atomic mass is 16.4. The first-order valence-corrected chi connectivity index (χ1v) is 11.7. The van der Waals surface area contributed by atoms with Crippen LogP contribution in [-0.2, 0) is 17.8 Å². The summed E-state index contributed by atoms with van der Waals surface area (Å²) in [6.07, 6.45) is 1.01. The van der Waals surface area contributed by atoms with E-state index in [9.17, 15) is 24.6 Å². The molecule has 1 saturated heterocycles. The second-order valence-corrected chi connectivity index (χ2v) is 8.94. The number of hydrogen-bond acceptors (Lipinski definition) is 7. The molecule has 3 amide bonds. The van der Waals surface area contributed by atoms with Crippen molar-refractivity contribution in [2.45, 2.75) is 50.9 Å². The van der Waals surface area contributed by atoms with Gasteiger partial charge in [0.05, 0.1) is 12.1 Å². The van der Waals surface area contributed by atoms with Crippen LogP contribution in [0.25, 0.3) is 0 Å². The topological polar surface area (TPSA) is 148 Å². The molecule has 2 atom stereocenters. The summed E-state index contributed by atoms with van der Waals surface area (Å²) < 4.78 is 0. The second kappa shape index (κ2) is 10.7. The van der Waals surface area contributed by atoms with E-state index >= 15 is 0 Å². The van der Waals surface area contributed by atoms with Gasteiger partial charge in [-0.25, -0.2) is 14.8 Å². The average Bonchev–Trinajstić information content (AvgIpc) is 2.86. The lowest BCUT2D eigenvalue weighted by atomic mass is 9.91. The van der Waals surface area contributed by atoms with Gasteiger partial charge in [0.25, 0.3) is 5.91 Å². The van der Waals surface area contributed by atoms with E-state index in [1.165, 1.54) is 11.2 Å². The van der Waals surface area contributed by atoms with Gasteiger partial charge >= 0.3 is 6.09 Å². The third-order valence-electron chi connectivity index (χ3n) is 6.64. The van der Waals surface area contributed by atoms with Crippen molar-refractivity contribution in [2.75, 3.05) is 25.0 Å². The molecule has 0 aliphatic carbocycles. The SMILES string of the molecule is CC(=O)N1CCC(Nc2cc(C(=O)NC[C@@H](O)[C@@H]3Cc4ccccc4CN3C(=O)O)ncn2)CC1. The van der Waals surface area contributed by atoms with Crippen molar-refractivity contribution < 1.29 is 24.6 Å². The van der Waals surface area contributed by atoms with Crippen LogP contribution in [0.2, 0.25) is 0 Å². The van der Waals surface area contributed by atoms with E-state index < -0.39 is 24.1 Å². The summed E-state index contributed by atoms with van der Waals surface area (Å²) in [5.74, 6) is 0.0856. The number of benzene rings is 1. The van der Waals surface area contributed by atoms with E-state index in [2.05, 4.69) is 20.6 Å².